The van der Waals surface area contributed by atoms with Crippen molar-refractivity contribution in [2.75, 3.05) is 62.0 Å². The van der Waals surface area contributed by atoms with E-state index < -0.39 is 30.5 Å². The van der Waals surface area contributed by atoms with E-state index in [0.29, 0.717) is 5.56 Å². The number of hydrogen-bond donors (Lipinski definition) is 1. The van der Waals surface area contributed by atoms with Gasteiger partial charge in [0.2, 0.25) is 11.9 Å². The fourth-order valence-corrected chi connectivity index (χ4v) is 3.85. The third-order valence-electron chi connectivity index (χ3n) is 5.89. The molecule has 0 aliphatic carbocycles. The third kappa shape index (κ3) is 7.42. The van der Waals surface area contributed by atoms with Crippen LogP contribution >= 0.6 is 0 Å². The Balaban J connectivity index is 1.51. The second kappa shape index (κ2) is 11.4. The Morgan fingerprint density at radius 1 is 0.950 bits per heavy atom. The van der Waals surface area contributed by atoms with Gasteiger partial charge in [-0.05, 0) is 42.5 Å². The molecule has 2 aromatic carbocycles. The Morgan fingerprint density at radius 3 is 2.23 bits per heavy atom. The van der Waals surface area contributed by atoms with E-state index in [2.05, 4.69) is 20.3 Å². The first-order valence-corrected chi connectivity index (χ1v) is 12.0. The maximum absolute atomic E-state index is 13.1. The average Bonchev–Trinajstić information content (AvgIpc) is 2.91. The fourth-order valence-electron chi connectivity index (χ4n) is 3.85. The molecule has 1 aliphatic rings. The Bertz CT molecular complexity index is 1320. The molecule has 2 heterocycles. The normalized spacial score (nSPS) is 14.2. The highest BCUT2D eigenvalue weighted by Crippen LogP contribution is 2.31. The van der Waals surface area contributed by atoms with Crippen LogP contribution in [0.2, 0.25) is 0 Å². The summed E-state index contributed by atoms with van der Waals surface area (Å²) in [6, 6.07) is 10.6. The topological polar surface area (TPSA) is 86.7 Å². The highest BCUT2D eigenvalue weighted by atomic mass is 19.4. The number of nitrogens with zero attached hydrogens (tertiary/aromatic N) is 6. The Labute approximate surface area is 225 Å². The van der Waals surface area contributed by atoms with E-state index in [1.807, 2.05) is 31.1 Å². The van der Waals surface area contributed by atoms with Crippen molar-refractivity contribution in [3.8, 4) is 6.01 Å². The maximum atomic E-state index is 13.1. The first-order valence-electron chi connectivity index (χ1n) is 12.0. The maximum Gasteiger partial charge on any atom is 0.422 e. The molecule has 15 heteroatoms. The molecule has 9 nitrogen and oxygen atoms in total. The summed E-state index contributed by atoms with van der Waals surface area (Å²) in [5.41, 5.74) is 0.478. The van der Waals surface area contributed by atoms with Gasteiger partial charge in [-0.3, -0.25) is 4.79 Å². The SMILES string of the molecule is CN(C)c1ccc(C(=O)N2CCN(c3nc(Nc4cccc(C(F)(F)F)c4)nc(OCC(F)(F)F)n3)CC2)cc1. The molecule has 1 aliphatic heterocycles. The second-order valence-corrected chi connectivity index (χ2v) is 9.07. The number of halogens is 6. The lowest BCUT2D eigenvalue weighted by Gasteiger charge is -2.35. The number of rotatable bonds is 7. The predicted molar refractivity (Wildman–Crippen MR) is 135 cm³/mol. The number of anilines is 4. The number of alkyl halides is 6. The minimum atomic E-state index is -4.67. The third-order valence-corrected chi connectivity index (χ3v) is 5.89. The van der Waals surface area contributed by atoms with Crippen LogP contribution in [0.5, 0.6) is 6.01 Å². The smallest absolute Gasteiger partial charge is 0.422 e. The number of benzene rings is 2. The van der Waals surface area contributed by atoms with Crippen molar-refractivity contribution < 1.29 is 35.9 Å². The number of amides is 1. The molecular formula is C25H25F6N7O2. The van der Waals surface area contributed by atoms with Gasteiger partial charge >= 0.3 is 18.4 Å². The molecule has 3 aromatic rings. The van der Waals surface area contributed by atoms with E-state index in [-0.39, 0.29) is 49.7 Å². The minimum absolute atomic E-state index is 0.0375. The highest BCUT2D eigenvalue weighted by Gasteiger charge is 2.31. The lowest BCUT2D eigenvalue weighted by molar-refractivity contribution is -0.154. The number of carbonyl (C=O) groups excluding carboxylic acids is 1. The first-order chi connectivity index (χ1) is 18.8. The molecule has 0 unspecified atom stereocenters. The van der Waals surface area contributed by atoms with Crippen molar-refractivity contribution in [3.05, 3.63) is 59.7 Å². The molecule has 1 amide bonds. The molecule has 0 atom stereocenters. The molecule has 0 bridgehead atoms. The summed E-state index contributed by atoms with van der Waals surface area (Å²) in [5, 5.41) is 2.58. The van der Waals surface area contributed by atoms with Gasteiger partial charge < -0.3 is 24.8 Å². The molecule has 0 saturated carbocycles. The largest absolute Gasteiger partial charge is 0.454 e. The van der Waals surface area contributed by atoms with Crippen LogP contribution in [0.25, 0.3) is 0 Å². The number of hydrogen-bond acceptors (Lipinski definition) is 8. The predicted octanol–water partition coefficient (Wildman–Crippen LogP) is 4.60. The van der Waals surface area contributed by atoms with Crippen molar-refractivity contribution in [3.63, 3.8) is 0 Å². The van der Waals surface area contributed by atoms with E-state index >= 15 is 0 Å². The lowest BCUT2D eigenvalue weighted by Crippen LogP contribution is -2.49. The van der Waals surface area contributed by atoms with Crippen LogP contribution in [-0.2, 0) is 6.18 Å². The van der Waals surface area contributed by atoms with Crippen LogP contribution in [-0.4, -0.2) is 78.8 Å². The molecule has 40 heavy (non-hydrogen) atoms. The summed E-state index contributed by atoms with van der Waals surface area (Å²) >= 11 is 0. The van der Waals surface area contributed by atoms with Crippen LogP contribution in [0.3, 0.4) is 0 Å². The zero-order chi connectivity index (χ0) is 29.1. The van der Waals surface area contributed by atoms with Gasteiger partial charge in [0.05, 0.1) is 5.56 Å². The summed E-state index contributed by atoms with van der Waals surface area (Å²) in [5.74, 6) is -0.535. The van der Waals surface area contributed by atoms with Gasteiger partial charge in [0.1, 0.15) is 0 Å². The molecule has 214 valence electrons. The van der Waals surface area contributed by atoms with Gasteiger partial charge in [0.25, 0.3) is 5.91 Å². The van der Waals surface area contributed by atoms with Gasteiger partial charge in [0, 0.05) is 57.2 Å². The standard InChI is InChI=1S/C25H25F6N7O2/c1-36(2)19-8-6-16(7-9-19)20(39)37-10-12-38(13-11-37)22-33-21(34-23(35-22)40-15-24(26,27)28)32-18-5-3-4-17(14-18)25(29,30)31/h3-9,14H,10-13,15H2,1-2H3,(H,32,33,34,35). The number of piperazine rings is 1. The van der Waals surface area contributed by atoms with Crippen LogP contribution in [0.15, 0.2) is 48.5 Å². The number of nitrogens with one attached hydrogen (secondary N) is 1. The van der Waals surface area contributed by atoms with Crippen LogP contribution in [0.1, 0.15) is 15.9 Å². The van der Waals surface area contributed by atoms with Gasteiger partial charge in [-0.15, -0.1) is 0 Å². The summed E-state index contributed by atoms with van der Waals surface area (Å²) < 4.78 is 82.3. The van der Waals surface area contributed by atoms with Gasteiger partial charge in [-0.1, -0.05) is 6.07 Å². The molecule has 1 N–H and O–H groups in total. The fraction of sp³-hybridized carbons (Fsp3) is 0.360. The Morgan fingerprint density at radius 2 is 1.62 bits per heavy atom. The van der Waals surface area contributed by atoms with E-state index in [4.69, 9.17) is 4.74 Å². The van der Waals surface area contributed by atoms with Crippen molar-refractivity contribution in [1.82, 2.24) is 19.9 Å². The minimum Gasteiger partial charge on any atom is -0.454 e. The van der Waals surface area contributed by atoms with Crippen molar-refractivity contribution in [1.29, 1.82) is 0 Å². The van der Waals surface area contributed by atoms with E-state index in [0.717, 1.165) is 17.8 Å². The van der Waals surface area contributed by atoms with Crippen molar-refractivity contribution in [2.24, 2.45) is 0 Å². The highest BCUT2D eigenvalue weighted by molar-refractivity contribution is 5.94. The van der Waals surface area contributed by atoms with E-state index in [1.54, 1.807) is 21.9 Å². The number of carbonyl (C=O) groups is 1. The summed E-state index contributed by atoms with van der Waals surface area (Å²) in [7, 11) is 3.77. The Hall–Kier alpha value is -4.30. The zero-order valence-electron chi connectivity index (χ0n) is 21.4. The summed E-state index contributed by atoms with van der Waals surface area (Å²) in [4.78, 5) is 30.0. The van der Waals surface area contributed by atoms with Crippen molar-refractivity contribution >= 4 is 29.2 Å². The van der Waals surface area contributed by atoms with Crippen LogP contribution in [0, 0.1) is 0 Å². The van der Waals surface area contributed by atoms with Crippen LogP contribution < -0.4 is 19.9 Å². The molecule has 4 rings (SSSR count). The first kappa shape index (κ1) is 28.7. The molecular weight excluding hydrogens is 544 g/mol. The molecule has 0 radical (unpaired) electrons. The zero-order valence-corrected chi connectivity index (χ0v) is 21.4. The molecule has 1 aromatic heterocycles. The summed E-state index contributed by atoms with van der Waals surface area (Å²) in [6.45, 7) is -0.640. The summed E-state index contributed by atoms with van der Waals surface area (Å²) in [6.07, 6.45) is -9.27. The monoisotopic (exact) mass is 569 g/mol. The lowest BCUT2D eigenvalue weighted by atomic mass is 10.1. The van der Waals surface area contributed by atoms with Gasteiger partial charge in [-0.25, -0.2) is 0 Å². The second-order valence-electron chi connectivity index (χ2n) is 9.07. The van der Waals surface area contributed by atoms with Gasteiger partial charge in [0.15, 0.2) is 6.61 Å². The van der Waals surface area contributed by atoms with Crippen molar-refractivity contribution in [2.45, 2.75) is 12.4 Å². The number of aromatic nitrogens is 3. The van der Waals surface area contributed by atoms with Crippen LogP contribution in [0.4, 0.5) is 49.6 Å². The molecule has 1 fully saturated rings. The quantitative estimate of drug-likeness (QED) is 0.414. The van der Waals surface area contributed by atoms with E-state index in [1.165, 1.54) is 12.1 Å². The average molecular weight is 570 g/mol. The van der Waals surface area contributed by atoms with Gasteiger partial charge in [-0.2, -0.15) is 41.3 Å². The number of ether oxygens (including phenoxy) is 1. The molecule has 1 saturated heterocycles. The molecule has 0 spiro atoms. The van der Waals surface area contributed by atoms with E-state index in [9.17, 15) is 31.1 Å². The Kier molecular flexibility index (Phi) is 8.21.